The van der Waals surface area contributed by atoms with Gasteiger partial charge in [0.2, 0.25) is 0 Å². The minimum atomic E-state index is 0.734. The maximum Gasteiger partial charge on any atom is 0.131 e. The second-order valence-electron chi connectivity index (χ2n) is 4.23. The van der Waals surface area contributed by atoms with E-state index in [2.05, 4.69) is 6.07 Å². The zero-order valence-corrected chi connectivity index (χ0v) is 10.8. The summed E-state index contributed by atoms with van der Waals surface area (Å²) < 4.78 is 11.5. The highest BCUT2D eigenvalue weighted by Gasteiger charge is 2.00. The van der Waals surface area contributed by atoms with Gasteiger partial charge in [0.05, 0.1) is 0 Å². The van der Waals surface area contributed by atoms with Crippen molar-refractivity contribution in [2.75, 3.05) is 0 Å². The largest absolute Gasteiger partial charge is 0.457 e. The van der Waals surface area contributed by atoms with Gasteiger partial charge in [-0.2, -0.15) is 0 Å². The average Bonchev–Trinajstić information content (AvgIpc) is 2.50. The zero-order chi connectivity index (χ0) is 13.6. The summed E-state index contributed by atoms with van der Waals surface area (Å²) in [6.07, 6.45) is 0. The molecule has 0 spiro atoms. The number of rotatable bonds is 4. The van der Waals surface area contributed by atoms with Crippen molar-refractivity contribution in [1.29, 1.82) is 0 Å². The van der Waals surface area contributed by atoms with E-state index in [4.69, 9.17) is 9.47 Å². The van der Waals surface area contributed by atoms with Crippen molar-refractivity contribution < 1.29 is 9.47 Å². The summed E-state index contributed by atoms with van der Waals surface area (Å²) in [6, 6.07) is 27.6. The minimum absolute atomic E-state index is 0.734. The normalized spacial score (nSPS) is 10.0. The van der Waals surface area contributed by atoms with E-state index in [1.807, 2.05) is 72.8 Å². The molecule has 0 heterocycles. The smallest absolute Gasteiger partial charge is 0.131 e. The molecule has 0 bridgehead atoms. The first-order chi connectivity index (χ1) is 9.90. The van der Waals surface area contributed by atoms with E-state index in [0.717, 1.165) is 23.0 Å². The summed E-state index contributed by atoms with van der Waals surface area (Å²) in [7, 11) is 0. The van der Waals surface area contributed by atoms with Gasteiger partial charge in [-0.05, 0) is 42.5 Å². The second-order valence-corrected chi connectivity index (χ2v) is 4.23. The lowest BCUT2D eigenvalue weighted by Crippen LogP contribution is -1.86. The fourth-order valence-corrected chi connectivity index (χ4v) is 1.80. The molecular weight excluding hydrogens is 248 g/mol. The van der Waals surface area contributed by atoms with Gasteiger partial charge in [0.15, 0.2) is 0 Å². The summed E-state index contributed by atoms with van der Waals surface area (Å²) >= 11 is 0. The highest BCUT2D eigenvalue weighted by Crippen LogP contribution is 2.27. The van der Waals surface area contributed by atoms with Gasteiger partial charge in [-0.3, -0.25) is 0 Å². The van der Waals surface area contributed by atoms with Crippen molar-refractivity contribution in [3.8, 4) is 23.0 Å². The van der Waals surface area contributed by atoms with Crippen LogP contribution in [-0.4, -0.2) is 0 Å². The Bertz CT molecular complexity index is 607. The molecule has 3 aromatic carbocycles. The SMILES string of the molecule is [c]1cccc(Oc2cccc(Oc3ccccc3)c2)c1. The predicted molar refractivity (Wildman–Crippen MR) is 78.3 cm³/mol. The summed E-state index contributed by atoms with van der Waals surface area (Å²) in [5, 5.41) is 0. The third-order valence-electron chi connectivity index (χ3n) is 2.70. The molecule has 97 valence electrons. The van der Waals surface area contributed by atoms with E-state index >= 15 is 0 Å². The molecule has 0 aliphatic rings. The van der Waals surface area contributed by atoms with Gasteiger partial charge in [-0.25, -0.2) is 0 Å². The van der Waals surface area contributed by atoms with Crippen LogP contribution in [0.4, 0.5) is 0 Å². The molecule has 2 heteroatoms. The summed E-state index contributed by atoms with van der Waals surface area (Å²) in [6.45, 7) is 0. The van der Waals surface area contributed by atoms with Gasteiger partial charge in [0.1, 0.15) is 23.0 Å². The lowest BCUT2D eigenvalue weighted by molar-refractivity contribution is 0.460. The third kappa shape index (κ3) is 3.18. The summed E-state index contributed by atoms with van der Waals surface area (Å²) in [4.78, 5) is 0. The minimum Gasteiger partial charge on any atom is -0.457 e. The number of benzene rings is 3. The van der Waals surface area contributed by atoms with Crippen molar-refractivity contribution >= 4 is 0 Å². The lowest BCUT2D eigenvalue weighted by Gasteiger charge is -2.08. The molecule has 0 aliphatic carbocycles. The standard InChI is InChI=1S/C18H13O2/c1-3-8-15(9-4-1)19-17-12-7-13-18(14-17)20-16-10-5-2-6-11-16/h1-5,7-14H. The first-order valence-electron chi connectivity index (χ1n) is 6.37. The Morgan fingerprint density at radius 3 is 1.95 bits per heavy atom. The van der Waals surface area contributed by atoms with Crippen LogP contribution in [-0.2, 0) is 0 Å². The second kappa shape index (κ2) is 5.93. The van der Waals surface area contributed by atoms with E-state index in [-0.39, 0.29) is 0 Å². The van der Waals surface area contributed by atoms with Crippen LogP contribution in [0.5, 0.6) is 23.0 Å². The zero-order valence-electron chi connectivity index (χ0n) is 10.8. The molecule has 3 rings (SSSR count). The van der Waals surface area contributed by atoms with Gasteiger partial charge in [-0.15, -0.1) is 0 Å². The highest BCUT2D eigenvalue weighted by atomic mass is 16.5. The molecule has 0 atom stereocenters. The van der Waals surface area contributed by atoms with Crippen LogP contribution in [0.3, 0.4) is 0 Å². The molecule has 0 unspecified atom stereocenters. The molecule has 1 radical (unpaired) electrons. The monoisotopic (exact) mass is 261 g/mol. The quantitative estimate of drug-likeness (QED) is 0.652. The molecule has 0 saturated carbocycles. The van der Waals surface area contributed by atoms with Gasteiger partial charge in [-0.1, -0.05) is 36.4 Å². The Morgan fingerprint density at radius 1 is 0.600 bits per heavy atom. The predicted octanol–water partition coefficient (Wildman–Crippen LogP) is 5.07. The fraction of sp³-hybridized carbons (Fsp3) is 0. The van der Waals surface area contributed by atoms with Gasteiger partial charge < -0.3 is 9.47 Å². The van der Waals surface area contributed by atoms with Crippen molar-refractivity contribution in [2.24, 2.45) is 0 Å². The Morgan fingerprint density at radius 2 is 1.25 bits per heavy atom. The van der Waals surface area contributed by atoms with Crippen LogP contribution in [0.1, 0.15) is 0 Å². The lowest BCUT2D eigenvalue weighted by atomic mass is 10.3. The van der Waals surface area contributed by atoms with Crippen LogP contribution in [0, 0.1) is 6.07 Å². The van der Waals surface area contributed by atoms with Crippen molar-refractivity contribution in [1.82, 2.24) is 0 Å². The van der Waals surface area contributed by atoms with Crippen LogP contribution >= 0.6 is 0 Å². The molecule has 0 N–H and O–H groups in total. The molecule has 3 aromatic rings. The van der Waals surface area contributed by atoms with E-state index in [1.54, 1.807) is 6.07 Å². The van der Waals surface area contributed by atoms with Crippen molar-refractivity contribution in [3.05, 3.63) is 84.9 Å². The average molecular weight is 261 g/mol. The number of para-hydroxylation sites is 1. The molecule has 0 amide bonds. The van der Waals surface area contributed by atoms with Gasteiger partial charge in [0.25, 0.3) is 0 Å². The van der Waals surface area contributed by atoms with Gasteiger partial charge in [0, 0.05) is 6.07 Å². The topological polar surface area (TPSA) is 18.5 Å². The third-order valence-corrected chi connectivity index (χ3v) is 2.70. The van der Waals surface area contributed by atoms with Crippen molar-refractivity contribution in [2.45, 2.75) is 0 Å². The molecule has 2 nitrogen and oxygen atoms in total. The fourth-order valence-electron chi connectivity index (χ4n) is 1.80. The Labute approximate surface area is 118 Å². The van der Waals surface area contributed by atoms with Crippen LogP contribution in [0.2, 0.25) is 0 Å². The molecule has 0 fully saturated rings. The summed E-state index contributed by atoms with van der Waals surface area (Å²) in [5.74, 6) is 3.04. The van der Waals surface area contributed by atoms with E-state index in [0.29, 0.717) is 0 Å². The summed E-state index contributed by atoms with van der Waals surface area (Å²) in [5.41, 5.74) is 0. The van der Waals surface area contributed by atoms with Crippen LogP contribution < -0.4 is 9.47 Å². The first kappa shape index (κ1) is 12.3. The number of ether oxygens (including phenoxy) is 2. The highest BCUT2D eigenvalue weighted by molar-refractivity contribution is 5.39. The van der Waals surface area contributed by atoms with Crippen LogP contribution in [0.15, 0.2) is 78.9 Å². The molecule has 0 aromatic heterocycles. The van der Waals surface area contributed by atoms with E-state index in [1.165, 1.54) is 0 Å². The molecular formula is C18H13O2. The Balaban J connectivity index is 1.76. The van der Waals surface area contributed by atoms with E-state index in [9.17, 15) is 0 Å². The van der Waals surface area contributed by atoms with Crippen molar-refractivity contribution in [3.63, 3.8) is 0 Å². The number of hydrogen-bond acceptors (Lipinski definition) is 2. The van der Waals surface area contributed by atoms with Crippen LogP contribution in [0.25, 0.3) is 0 Å². The Hall–Kier alpha value is -2.74. The molecule has 20 heavy (non-hydrogen) atoms. The first-order valence-corrected chi connectivity index (χ1v) is 6.37. The maximum atomic E-state index is 5.77. The maximum absolute atomic E-state index is 5.77. The van der Waals surface area contributed by atoms with E-state index < -0.39 is 0 Å². The number of hydrogen-bond donors (Lipinski definition) is 0. The Kier molecular flexibility index (Phi) is 3.65. The molecule has 0 aliphatic heterocycles. The molecule has 0 saturated heterocycles. The van der Waals surface area contributed by atoms with Gasteiger partial charge >= 0.3 is 0 Å².